The van der Waals surface area contributed by atoms with Gasteiger partial charge in [-0.1, -0.05) is 32.4 Å². The minimum absolute atomic E-state index is 0.0694. The van der Waals surface area contributed by atoms with Gasteiger partial charge in [0, 0.05) is 5.92 Å². The summed E-state index contributed by atoms with van der Waals surface area (Å²) in [5.41, 5.74) is 1.80. The molecule has 0 heterocycles. The Labute approximate surface area is 68.1 Å². The van der Waals surface area contributed by atoms with Gasteiger partial charge in [-0.15, -0.1) is 0 Å². The highest BCUT2D eigenvalue weighted by atomic mass is 16.3. The molecule has 0 spiro atoms. The number of aliphatic hydroxyl groups excluding tert-OH is 1. The highest BCUT2D eigenvalue weighted by molar-refractivity contribution is 5.39. The smallest absolute Gasteiger partial charge is 0.0619 e. The molecule has 0 saturated heterocycles. The lowest BCUT2D eigenvalue weighted by Gasteiger charge is -2.16. The molecular formula is C10H16O. The van der Waals surface area contributed by atoms with Crippen LogP contribution in [0.1, 0.15) is 27.2 Å². The minimum atomic E-state index is -0.0694. The van der Waals surface area contributed by atoms with Gasteiger partial charge in [0.2, 0.25) is 0 Å². The normalized spacial score (nSPS) is 46.2. The van der Waals surface area contributed by atoms with Crippen molar-refractivity contribution in [1.29, 1.82) is 0 Å². The van der Waals surface area contributed by atoms with Crippen LogP contribution in [0.15, 0.2) is 11.6 Å². The summed E-state index contributed by atoms with van der Waals surface area (Å²) in [7, 11) is 0. The van der Waals surface area contributed by atoms with Crippen molar-refractivity contribution in [2.75, 3.05) is 0 Å². The third-order valence-electron chi connectivity index (χ3n) is 3.24. The first-order valence-corrected chi connectivity index (χ1v) is 4.43. The van der Waals surface area contributed by atoms with E-state index >= 15 is 0 Å². The van der Waals surface area contributed by atoms with E-state index in [0.717, 1.165) is 6.42 Å². The summed E-state index contributed by atoms with van der Waals surface area (Å²) in [4.78, 5) is 0. The lowest BCUT2D eigenvalue weighted by atomic mass is 9.95. The summed E-state index contributed by atoms with van der Waals surface area (Å²) < 4.78 is 0. The quantitative estimate of drug-likeness (QED) is 0.526. The van der Waals surface area contributed by atoms with Gasteiger partial charge in [0.15, 0.2) is 0 Å². The van der Waals surface area contributed by atoms with E-state index in [1.807, 2.05) is 0 Å². The number of aliphatic hydroxyl groups is 1. The molecule has 0 aromatic heterocycles. The molecule has 2 rings (SSSR count). The number of hydrogen-bond acceptors (Lipinski definition) is 1. The standard InChI is InChI=1S/C10H16O/c1-6-4-7-9(8(11)5-6)10(7,2)3/h4,6,8-9,11H,5H2,1-3H3. The second kappa shape index (κ2) is 1.89. The van der Waals surface area contributed by atoms with E-state index in [9.17, 15) is 5.11 Å². The van der Waals surface area contributed by atoms with Crippen LogP contribution in [0.4, 0.5) is 0 Å². The Kier molecular flexibility index (Phi) is 1.26. The summed E-state index contributed by atoms with van der Waals surface area (Å²) in [6, 6.07) is 0. The molecule has 1 fully saturated rings. The first kappa shape index (κ1) is 7.35. The van der Waals surface area contributed by atoms with Crippen molar-refractivity contribution in [3.05, 3.63) is 11.6 Å². The predicted octanol–water partition coefficient (Wildman–Crippen LogP) is 1.97. The third kappa shape index (κ3) is 0.871. The average Bonchev–Trinajstić information content (AvgIpc) is 2.34. The molecule has 3 unspecified atom stereocenters. The molecule has 1 N–H and O–H groups in total. The van der Waals surface area contributed by atoms with Crippen LogP contribution in [0.25, 0.3) is 0 Å². The maximum absolute atomic E-state index is 9.68. The Morgan fingerprint density at radius 1 is 1.55 bits per heavy atom. The van der Waals surface area contributed by atoms with Crippen molar-refractivity contribution >= 4 is 0 Å². The summed E-state index contributed by atoms with van der Waals surface area (Å²) in [5.74, 6) is 1.07. The molecule has 1 saturated carbocycles. The van der Waals surface area contributed by atoms with Gasteiger partial charge in [0.1, 0.15) is 0 Å². The minimum Gasteiger partial charge on any atom is -0.392 e. The Balaban J connectivity index is 2.28. The molecule has 0 amide bonds. The maximum atomic E-state index is 9.68. The van der Waals surface area contributed by atoms with E-state index in [0.29, 0.717) is 17.3 Å². The molecular weight excluding hydrogens is 136 g/mol. The van der Waals surface area contributed by atoms with Crippen LogP contribution in [-0.4, -0.2) is 11.2 Å². The van der Waals surface area contributed by atoms with E-state index in [4.69, 9.17) is 0 Å². The molecule has 0 radical (unpaired) electrons. The number of hydrogen-bond donors (Lipinski definition) is 1. The van der Waals surface area contributed by atoms with Gasteiger partial charge in [0.05, 0.1) is 6.10 Å². The van der Waals surface area contributed by atoms with E-state index in [-0.39, 0.29) is 6.10 Å². The van der Waals surface area contributed by atoms with Crippen molar-refractivity contribution in [3.63, 3.8) is 0 Å². The Bertz CT molecular complexity index is 215. The molecule has 0 aliphatic heterocycles. The molecule has 2 aliphatic carbocycles. The van der Waals surface area contributed by atoms with E-state index in [2.05, 4.69) is 26.8 Å². The van der Waals surface area contributed by atoms with Gasteiger partial charge in [-0.05, 0) is 17.8 Å². The first-order chi connectivity index (χ1) is 5.03. The lowest BCUT2D eigenvalue weighted by molar-refractivity contribution is 0.116. The zero-order valence-electron chi connectivity index (χ0n) is 7.46. The van der Waals surface area contributed by atoms with Crippen LogP contribution in [-0.2, 0) is 0 Å². The molecule has 0 bridgehead atoms. The zero-order valence-corrected chi connectivity index (χ0v) is 7.46. The third-order valence-corrected chi connectivity index (χ3v) is 3.24. The van der Waals surface area contributed by atoms with Gasteiger partial charge in [0.25, 0.3) is 0 Å². The molecule has 3 atom stereocenters. The lowest BCUT2D eigenvalue weighted by Crippen LogP contribution is -2.17. The van der Waals surface area contributed by atoms with Crippen molar-refractivity contribution < 1.29 is 5.11 Å². The first-order valence-electron chi connectivity index (χ1n) is 4.43. The largest absolute Gasteiger partial charge is 0.392 e. The van der Waals surface area contributed by atoms with Crippen LogP contribution in [0.2, 0.25) is 0 Å². The van der Waals surface area contributed by atoms with Gasteiger partial charge in [-0.3, -0.25) is 0 Å². The predicted molar refractivity (Wildman–Crippen MR) is 45.1 cm³/mol. The topological polar surface area (TPSA) is 20.2 Å². The van der Waals surface area contributed by atoms with Crippen molar-refractivity contribution in [1.82, 2.24) is 0 Å². The summed E-state index contributed by atoms with van der Waals surface area (Å²) in [6.07, 6.45) is 3.23. The molecule has 1 heteroatoms. The van der Waals surface area contributed by atoms with Gasteiger partial charge in [-0.25, -0.2) is 0 Å². The van der Waals surface area contributed by atoms with Crippen LogP contribution < -0.4 is 0 Å². The summed E-state index contributed by atoms with van der Waals surface area (Å²) >= 11 is 0. The Morgan fingerprint density at radius 2 is 2.18 bits per heavy atom. The van der Waals surface area contributed by atoms with E-state index in [1.54, 1.807) is 0 Å². The van der Waals surface area contributed by atoms with Crippen molar-refractivity contribution in [3.8, 4) is 0 Å². The average molecular weight is 152 g/mol. The van der Waals surface area contributed by atoms with Gasteiger partial charge in [-0.2, -0.15) is 0 Å². The van der Waals surface area contributed by atoms with Gasteiger partial charge < -0.3 is 5.11 Å². The van der Waals surface area contributed by atoms with Crippen LogP contribution >= 0.6 is 0 Å². The van der Waals surface area contributed by atoms with Crippen LogP contribution in [0.5, 0.6) is 0 Å². The van der Waals surface area contributed by atoms with Crippen LogP contribution in [0.3, 0.4) is 0 Å². The molecule has 2 aliphatic rings. The molecule has 11 heavy (non-hydrogen) atoms. The van der Waals surface area contributed by atoms with Crippen molar-refractivity contribution in [2.45, 2.75) is 33.3 Å². The Hall–Kier alpha value is -0.300. The van der Waals surface area contributed by atoms with Gasteiger partial charge >= 0.3 is 0 Å². The van der Waals surface area contributed by atoms with E-state index in [1.165, 1.54) is 5.57 Å². The van der Waals surface area contributed by atoms with E-state index < -0.39 is 0 Å². The van der Waals surface area contributed by atoms with Crippen LogP contribution in [0, 0.1) is 17.3 Å². The van der Waals surface area contributed by atoms with Crippen molar-refractivity contribution in [2.24, 2.45) is 17.3 Å². The SMILES string of the molecule is CC1C=C2C(C(O)C1)C2(C)C. The number of allylic oxidation sites excluding steroid dienone is 1. The molecule has 0 aromatic carbocycles. The second-order valence-corrected chi connectivity index (χ2v) is 4.60. The Morgan fingerprint density at radius 3 is 2.73 bits per heavy atom. The number of fused-ring (bicyclic) bond motifs is 1. The summed E-state index contributed by atoms with van der Waals surface area (Å²) in [5, 5.41) is 9.68. The number of rotatable bonds is 0. The monoisotopic (exact) mass is 152 g/mol. The molecule has 1 nitrogen and oxygen atoms in total. The fourth-order valence-corrected chi connectivity index (χ4v) is 2.51. The second-order valence-electron chi connectivity index (χ2n) is 4.60. The fraction of sp³-hybridized carbons (Fsp3) is 0.800. The highest BCUT2D eigenvalue weighted by Gasteiger charge is 2.57. The fourth-order valence-electron chi connectivity index (χ4n) is 2.51. The highest BCUT2D eigenvalue weighted by Crippen LogP contribution is 2.62. The maximum Gasteiger partial charge on any atom is 0.0619 e. The summed E-state index contributed by atoms with van der Waals surface area (Å²) in [6.45, 7) is 6.64. The zero-order chi connectivity index (χ0) is 8.22. The molecule has 0 aromatic rings. The molecule has 62 valence electrons.